The molecule has 24 heavy (non-hydrogen) atoms. The molecule has 0 radical (unpaired) electrons. The van der Waals surface area contributed by atoms with Gasteiger partial charge in [-0.25, -0.2) is 8.42 Å². The number of nitrogens with one attached hydrogen (secondary N) is 1. The zero-order valence-electron chi connectivity index (χ0n) is 13.7. The van der Waals surface area contributed by atoms with Crippen LogP contribution < -0.4 is 14.8 Å². The summed E-state index contributed by atoms with van der Waals surface area (Å²) in [6, 6.07) is 10.8. The normalized spacial score (nSPS) is 11.0. The molecule has 0 unspecified atom stereocenters. The lowest BCUT2D eigenvalue weighted by Gasteiger charge is -2.12. The van der Waals surface area contributed by atoms with Crippen LogP contribution in [-0.2, 0) is 9.84 Å². The van der Waals surface area contributed by atoms with Gasteiger partial charge in [-0.1, -0.05) is 0 Å². The molecular formula is C17H19NO5S. The van der Waals surface area contributed by atoms with E-state index in [1.165, 1.54) is 31.4 Å². The van der Waals surface area contributed by atoms with Gasteiger partial charge in [0.15, 0.2) is 21.3 Å². The molecule has 0 bridgehead atoms. The number of amides is 1. The summed E-state index contributed by atoms with van der Waals surface area (Å²) in [6.07, 6.45) is 1.12. The van der Waals surface area contributed by atoms with Gasteiger partial charge in [0, 0.05) is 23.6 Å². The quantitative estimate of drug-likeness (QED) is 0.867. The van der Waals surface area contributed by atoms with Crippen LogP contribution in [0.5, 0.6) is 11.5 Å². The second kappa shape index (κ2) is 7.35. The molecule has 1 N–H and O–H groups in total. The first-order valence-electron chi connectivity index (χ1n) is 7.27. The average Bonchev–Trinajstić information content (AvgIpc) is 2.55. The molecular weight excluding hydrogens is 330 g/mol. The fourth-order valence-electron chi connectivity index (χ4n) is 2.08. The van der Waals surface area contributed by atoms with Crippen LogP contribution >= 0.6 is 0 Å². The molecule has 7 heteroatoms. The molecule has 6 nitrogen and oxygen atoms in total. The molecule has 2 aromatic carbocycles. The van der Waals surface area contributed by atoms with E-state index < -0.39 is 9.84 Å². The second-order valence-electron chi connectivity index (χ2n) is 5.05. The van der Waals surface area contributed by atoms with Crippen LogP contribution in [0.25, 0.3) is 0 Å². The number of hydrogen-bond acceptors (Lipinski definition) is 5. The predicted octanol–water partition coefficient (Wildman–Crippen LogP) is 2.75. The topological polar surface area (TPSA) is 81.7 Å². The molecule has 0 aliphatic rings. The van der Waals surface area contributed by atoms with Gasteiger partial charge >= 0.3 is 0 Å². The van der Waals surface area contributed by atoms with Gasteiger partial charge in [0.25, 0.3) is 5.91 Å². The van der Waals surface area contributed by atoms with Crippen molar-refractivity contribution in [3.63, 3.8) is 0 Å². The van der Waals surface area contributed by atoms with E-state index in [1.807, 2.05) is 6.92 Å². The minimum atomic E-state index is -3.29. The second-order valence-corrected chi connectivity index (χ2v) is 7.07. The van der Waals surface area contributed by atoms with Gasteiger partial charge in [-0.05, 0) is 43.3 Å². The van der Waals surface area contributed by atoms with Crippen molar-refractivity contribution < 1.29 is 22.7 Å². The number of rotatable bonds is 6. The highest BCUT2D eigenvalue weighted by atomic mass is 32.2. The summed E-state index contributed by atoms with van der Waals surface area (Å²) in [6.45, 7) is 2.38. The monoisotopic (exact) mass is 349 g/mol. The van der Waals surface area contributed by atoms with Crippen LogP contribution in [0.15, 0.2) is 47.4 Å². The van der Waals surface area contributed by atoms with Crippen molar-refractivity contribution in [1.29, 1.82) is 0 Å². The highest BCUT2D eigenvalue weighted by Crippen LogP contribution is 2.30. The Morgan fingerprint density at radius 2 is 1.75 bits per heavy atom. The van der Waals surface area contributed by atoms with E-state index in [4.69, 9.17) is 9.47 Å². The number of anilines is 1. The number of carbonyl (C=O) groups is 1. The highest BCUT2D eigenvalue weighted by molar-refractivity contribution is 7.90. The van der Waals surface area contributed by atoms with Crippen molar-refractivity contribution in [2.75, 3.05) is 25.3 Å². The van der Waals surface area contributed by atoms with Gasteiger partial charge in [0.2, 0.25) is 0 Å². The van der Waals surface area contributed by atoms with Crippen LogP contribution in [0, 0.1) is 0 Å². The van der Waals surface area contributed by atoms with Gasteiger partial charge in [0.05, 0.1) is 18.6 Å². The molecule has 0 spiro atoms. The number of sulfone groups is 1. The minimum absolute atomic E-state index is 0.168. The Morgan fingerprint density at radius 3 is 2.29 bits per heavy atom. The van der Waals surface area contributed by atoms with E-state index in [2.05, 4.69) is 5.32 Å². The molecule has 0 saturated carbocycles. The zero-order chi connectivity index (χ0) is 17.7. The van der Waals surface area contributed by atoms with E-state index >= 15 is 0 Å². The maximum Gasteiger partial charge on any atom is 0.255 e. The predicted molar refractivity (Wildman–Crippen MR) is 91.7 cm³/mol. The lowest BCUT2D eigenvalue weighted by atomic mass is 10.2. The number of carbonyl (C=O) groups excluding carboxylic acids is 1. The fourth-order valence-corrected chi connectivity index (χ4v) is 2.71. The van der Waals surface area contributed by atoms with Crippen LogP contribution in [0.2, 0.25) is 0 Å². The third kappa shape index (κ3) is 4.26. The number of hydrogen-bond donors (Lipinski definition) is 1. The summed E-state index contributed by atoms with van der Waals surface area (Å²) < 4.78 is 33.5. The lowest BCUT2D eigenvalue weighted by Crippen LogP contribution is -2.12. The molecule has 0 saturated heterocycles. The van der Waals surface area contributed by atoms with Gasteiger partial charge in [-0.15, -0.1) is 0 Å². The summed E-state index contributed by atoms with van der Waals surface area (Å²) in [5, 5.41) is 2.74. The molecule has 2 rings (SSSR count). The van der Waals surface area contributed by atoms with Gasteiger partial charge < -0.3 is 14.8 Å². The largest absolute Gasteiger partial charge is 0.493 e. The Kier molecular flexibility index (Phi) is 5.46. The van der Waals surface area contributed by atoms with Crippen molar-refractivity contribution in [3.05, 3.63) is 48.0 Å². The summed E-state index contributed by atoms with van der Waals surface area (Å²) >= 11 is 0. The van der Waals surface area contributed by atoms with Gasteiger partial charge in [-0.3, -0.25) is 4.79 Å². The standard InChI is InChI=1S/C17H19NO5S/c1-4-23-15-10-7-13(11-16(15)22-2)18-17(19)12-5-8-14(9-6-12)24(3,20)21/h5-11H,4H2,1-3H3,(H,18,19). The molecule has 0 atom stereocenters. The summed E-state index contributed by atoms with van der Waals surface area (Å²) in [7, 11) is -1.76. The molecule has 0 aliphatic carbocycles. The Bertz CT molecular complexity index is 829. The van der Waals surface area contributed by atoms with Crippen molar-refractivity contribution in [1.82, 2.24) is 0 Å². The van der Waals surface area contributed by atoms with E-state index in [-0.39, 0.29) is 10.8 Å². The summed E-state index contributed by atoms with van der Waals surface area (Å²) in [5.74, 6) is 0.763. The fraction of sp³-hybridized carbons (Fsp3) is 0.235. The third-order valence-electron chi connectivity index (χ3n) is 3.27. The minimum Gasteiger partial charge on any atom is -0.493 e. The van der Waals surface area contributed by atoms with Crippen molar-refractivity contribution >= 4 is 21.4 Å². The van der Waals surface area contributed by atoms with Crippen molar-refractivity contribution in [2.24, 2.45) is 0 Å². The highest BCUT2D eigenvalue weighted by Gasteiger charge is 2.11. The third-order valence-corrected chi connectivity index (χ3v) is 4.39. The van der Waals surface area contributed by atoms with Crippen LogP contribution in [0.4, 0.5) is 5.69 Å². The molecule has 0 aromatic heterocycles. The van der Waals surface area contributed by atoms with E-state index in [0.717, 1.165) is 6.26 Å². The SMILES string of the molecule is CCOc1ccc(NC(=O)c2ccc(S(C)(=O)=O)cc2)cc1OC. The van der Waals surface area contributed by atoms with Crippen LogP contribution in [0.3, 0.4) is 0 Å². The number of methoxy groups -OCH3 is 1. The first-order chi connectivity index (χ1) is 11.3. The maximum absolute atomic E-state index is 12.3. The Morgan fingerprint density at radius 1 is 1.08 bits per heavy atom. The van der Waals surface area contributed by atoms with Crippen molar-refractivity contribution in [2.45, 2.75) is 11.8 Å². The summed E-state index contributed by atoms with van der Waals surface area (Å²) in [5.41, 5.74) is 0.905. The van der Waals surface area contributed by atoms with Crippen LogP contribution in [-0.4, -0.2) is 34.3 Å². The van der Waals surface area contributed by atoms with E-state index in [0.29, 0.717) is 29.4 Å². The number of benzene rings is 2. The van der Waals surface area contributed by atoms with Gasteiger partial charge in [0.1, 0.15) is 0 Å². The average molecular weight is 349 g/mol. The molecule has 128 valence electrons. The summed E-state index contributed by atoms with van der Waals surface area (Å²) in [4.78, 5) is 12.4. The van der Waals surface area contributed by atoms with Crippen LogP contribution in [0.1, 0.15) is 17.3 Å². The van der Waals surface area contributed by atoms with E-state index in [1.54, 1.807) is 18.2 Å². The lowest BCUT2D eigenvalue weighted by molar-refractivity contribution is 0.102. The molecule has 0 heterocycles. The first-order valence-corrected chi connectivity index (χ1v) is 9.16. The Hall–Kier alpha value is -2.54. The molecule has 2 aromatic rings. The van der Waals surface area contributed by atoms with Crippen molar-refractivity contribution in [3.8, 4) is 11.5 Å². The maximum atomic E-state index is 12.3. The zero-order valence-corrected chi connectivity index (χ0v) is 14.5. The first kappa shape index (κ1) is 17.8. The van der Waals surface area contributed by atoms with E-state index in [9.17, 15) is 13.2 Å². The van der Waals surface area contributed by atoms with Gasteiger partial charge in [-0.2, -0.15) is 0 Å². The smallest absolute Gasteiger partial charge is 0.255 e. The Balaban J connectivity index is 2.17. The Labute approximate surface area is 141 Å². The molecule has 1 amide bonds. The molecule has 0 aliphatic heterocycles. The molecule has 0 fully saturated rings. The number of ether oxygens (including phenoxy) is 2.